The molecule has 60 valence electrons. The van der Waals surface area contributed by atoms with Crippen LogP contribution in [0.4, 0.5) is 4.39 Å². The molecule has 0 aromatic heterocycles. The highest BCUT2D eigenvalue weighted by molar-refractivity contribution is 4.83. The normalized spacial score (nSPS) is 26.7. The van der Waals surface area contributed by atoms with Crippen LogP contribution in [-0.2, 0) is 0 Å². The van der Waals surface area contributed by atoms with E-state index < -0.39 is 5.67 Å². The predicted molar refractivity (Wildman–Crippen MR) is 40.9 cm³/mol. The minimum atomic E-state index is -0.841. The Hall–Kier alpha value is -0.110. The van der Waals surface area contributed by atoms with Crippen LogP contribution in [0, 0.1) is 0 Å². The molecule has 1 fully saturated rings. The number of alkyl halides is 1. The number of halogens is 1. The Morgan fingerprint density at radius 2 is 1.90 bits per heavy atom. The van der Waals surface area contributed by atoms with Crippen LogP contribution in [0.3, 0.4) is 0 Å². The molecule has 0 atom stereocenters. The average Bonchev–Trinajstić information content (AvgIpc) is 1.96. The van der Waals surface area contributed by atoms with Gasteiger partial charge in [0.1, 0.15) is 5.67 Å². The molecule has 1 heterocycles. The summed E-state index contributed by atoms with van der Waals surface area (Å²) in [5.74, 6) is 0. The topological polar surface area (TPSA) is 3.24 Å². The summed E-state index contributed by atoms with van der Waals surface area (Å²) in [7, 11) is 2.05. The first-order valence-corrected chi connectivity index (χ1v) is 4.04. The van der Waals surface area contributed by atoms with Gasteiger partial charge in [-0.05, 0) is 26.3 Å². The summed E-state index contributed by atoms with van der Waals surface area (Å²) in [6.07, 6.45) is 2.13. The fourth-order valence-corrected chi connectivity index (χ4v) is 1.37. The van der Waals surface area contributed by atoms with E-state index in [2.05, 4.69) is 11.9 Å². The number of likely N-dealkylation sites (tertiary alicyclic amines) is 1. The van der Waals surface area contributed by atoms with Gasteiger partial charge in [0.05, 0.1) is 0 Å². The molecule has 1 nitrogen and oxygen atoms in total. The highest BCUT2D eigenvalue weighted by Crippen LogP contribution is 2.28. The lowest BCUT2D eigenvalue weighted by Crippen LogP contribution is -2.39. The first-order valence-electron chi connectivity index (χ1n) is 4.04. The van der Waals surface area contributed by atoms with Crippen molar-refractivity contribution >= 4 is 0 Å². The predicted octanol–water partition coefficient (Wildman–Crippen LogP) is 1.83. The van der Waals surface area contributed by atoms with Crippen molar-refractivity contribution < 1.29 is 4.39 Å². The fourth-order valence-electron chi connectivity index (χ4n) is 1.37. The van der Waals surface area contributed by atoms with Gasteiger partial charge in [0.2, 0.25) is 0 Å². The van der Waals surface area contributed by atoms with E-state index in [-0.39, 0.29) is 0 Å². The van der Waals surface area contributed by atoms with Gasteiger partial charge in [-0.2, -0.15) is 0 Å². The number of nitrogens with zero attached hydrogens (tertiary/aromatic N) is 1. The van der Waals surface area contributed by atoms with Crippen LogP contribution in [0.25, 0.3) is 0 Å². The standard InChI is InChI=1S/C8H16FN/c1-3-8(9)4-6-10(2)7-5-8/h3-7H2,1-2H3. The van der Waals surface area contributed by atoms with Gasteiger partial charge < -0.3 is 4.90 Å². The van der Waals surface area contributed by atoms with Gasteiger partial charge in [0, 0.05) is 13.1 Å². The summed E-state index contributed by atoms with van der Waals surface area (Å²) in [6.45, 7) is 3.78. The molecule has 1 saturated heterocycles. The van der Waals surface area contributed by atoms with Gasteiger partial charge >= 0.3 is 0 Å². The van der Waals surface area contributed by atoms with E-state index in [1.807, 2.05) is 6.92 Å². The molecule has 2 heteroatoms. The third kappa shape index (κ3) is 1.69. The van der Waals surface area contributed by atoms with E-state index in [0.717, 1.165) is 25.9 Å². The second-order valence-electron chi connectivity index (χ2n) is 3.31. The zero-order valence-electron chi connectivity index (χ0n) is 6.86. The third-order valence-electron chi connectivity index (χ3n) is 2.52. The van der Waals surface area contributed by atoms with Gasteiger partial charge in [0.25, 0.3) is 0 Å². The zero-order chi connectivity index (χ0) is 7.61. The van der Waals surface area contributed by atoms with Crippen molar-refractivity contribution in [1.82, 2.24) is 4.90 Å². The van der Waals surface area contributed by atoms with Gasteiger partial charge in [0.15, 0.2) is 0 Å². The van der Waals surface area contributed by atoms with Crippen molar-refractivity contribution in [3.63, 3.8) is 0 Å². The van der Waals surface area contributed by atoms with Crippen molar-refractivity contribution in [3.05, 3.63) is 0 Å². The van der Waals surface area contributed by atoms with E-state index in [1.54, 1.807) is 0 Å². The van der Waals surface area contributed by atoms with E-state index in [9.17, 15) is 4.39 Å². The van der Waals surface area contributed by atoms with E-state index >= 15 is 0 Å². The quantitative estimate of drug-likeness (QED) is 0.544. The Balaban J connectivity index is 2.38. The van der Waals surface area contributed by atoms with Crippen LogP contribution in [0.1, 0.15) is 26.2 Å². The summed E-state index contributed by atoms with van der Waals surface area (Å²) in [6, 6.07) is 0. The summed E-state index contributed by atoms with van der Waals surface area (Å²) < 4.78 is 13.4. The first-order chi connectivity index (χ1) is 4.66. The smallest absolute Gasteiger partial charge is 0.113 e. The molecule has 0 aromatic carbocycles. The molecule has 1 aliphatic rings. The molecule has 0 bridgehead atoms. The van der Waals surface area contributed by atoms with Crippen LogP contribution >= 0.6 is 0 Å². The summed E-state index contributed by atoms with van der Waals surface area (Å²) >= 11 is 0. The van der Waals surface area contributed by atoms with E-state index in [1.165, 1.54) is 0 Å². The molecule has 0 amide bonds. The van der Waals surface area contributed by atoms with Crippen LogP contribution < -0.4 is 0 Å². The second-order valence-corrected chi connectivity index (χ2v) is 3.31. The molecular weight excluding hydrogens is 129 g/mol. The molecule has 0 saturated carbocycles. The minimum Gasteiger partial charge on any atom is -0.306 e. The molecule has 1 aliphatic heterocycles. The molecule has 10 heavy (non-hydrogen) atoms. The lowest BCUT2D eigenvalue weighted by molar-refractivity contribution is 0.0660. The van der Waals surface area contributed by atoms with Crippen molar-refractivity contribution in [3.8, 4) is 0 Å². The summed E-state index contributed by atoms with van der Waals surface area (Å²) in [5, 5.41) is 0. The molecule has 0 spiro atoms. The summed E-state index contributed by atoms with van der Waals surface area (Å²) in [4.78, 5) is 2.19. The van der Waals surface area contributed by atoms with Crippen molar-refractivity contribution in [2.24, 2.45) is 0 Å². The van der Waals surface area contributed by atoms with Gasteiger partial charge in [-0.25, -0.2) is 4.39 Å². The number of rotatable bonds is 1. The van der Waals surface area contributed by atoms with Crippen molar-refractivity contribution in [2.75, 3.05) is 20.1 Å². The molecule has 0 aliphatic carbocycles. The van der Waals surface area contributed by atoms with Crippen LogP contribution in [-0.4, -0.2) is 30.7 Å². The molecular formula is C8H16FN. The number of hydrogen-bond acceptors (Lipinski definition) is 1. The SMILES string of the molecule is CCC1(F)CCN(C)CC1. The third-order valence-corrected chi connectivity index (χ3v) is 2.52. The molecule has 0 aromatic rings. The van der Waals surface area contributed by atoms with Gasteiger partial charge in [-0.15, -0.1) is 0 Å². The minimum absolute atomic E-state index is 0.681. The average molecular weight is 145 g/mol. The molecule has 1 rings (SSSR count). The molecule has 0 unspecified atom stereocenters. The van der Waals surface area contributed by atoms with Gasteiger partial charge in [-0.1, -0.05) is 6.92 Å². The largest absolute Gasteiger partial charge is 0.306 e. The van der Waals surface area contributed by atoms with Crippen LogP contribution in [0.5, 0.6) is 0 Å². The van der Waals surface area contributed by atoms with Crippen LogP contribution in [0.2, 0.25) is 0 Å². The highest BCUT2D eigenvalue weighted by atomic mass is 19.1. The first kappa shape index (κ1) is 7.99. The van der Waals surface area contributed by atoms with Gasteiger partial charge in [-0.3, -0.25) is 0 Å². The monoisotopic (exact) mass is 145 g/mol. The Kier molecular flexibility index (Phi) is 2.29. The lowest BCUT2D eigenvalue weighted by Gasteiger charge is -2.33. The maximum Gasteiger partial charge on any atom is 0.113 e. The maximum absolute atomic E-state index is 13.4. The second kappa shape index (κ2) is 2.87. The maximum atomic E-state index is 13.4. The zero-order valence-corrected chi connectivity index (χ0v) is 6.86. The van der Waals surface area contributed by atoms with Crippen molar-refractivity contribution in [2.45, 2.75) is 31.9 Å². The summed E-state index contributed by atoms with van der Waals surface area (Å²) in [5.41, 5.74) is -0.841. The fraction of sp³-hybridized carbons (Fsp3) is 1.00. The molecule has 0 N–H and O–H groups in total. The van der Waals surface area contributed by atoms with E-state index in [0.29, 0.717) is 6.42 Å². The Morgan fingerprint density at radius 1 is 1.40 bits per heavy atom. The Morgan fingerprint density at radius 3 is 2.30 bits per heavy atom. The number of piperidine rings is 1. The molecule has 0 radical (unpaired) electrons. The number of hydrogen-bond donors (Lipinski definition) is 0. The Labute approximate surface area is 62.2 Å². The lowest BCUT2D eigenvalue weighted by atomic mass is 9.91. The highest BCUT2D eigenvalue weighted by Gasteiger charge is 2.30. The van der Waals surface area contributed by atoms with Crippen molar-refractivity contribution in [1.29, 1.82) is 0 Å². The van der Waals surface area contributed by atoms with Crippen LogP contribution in [0.15, 0.2) is 0 Å². The Bertz CT molecular complexity index is 106. The van der Waals surface area contributed by atoms with E-state index in [4.69, 9.17) is 0 Å².